The quantitative estimate of drug-likeness (QED) is 0.212. The molecule has 1 aliphatic heterocycles. The molecule has 0 bridgehead atoms. The SMILES string of the molecule is C=CC(=O)Nc1cncc(C(=O)Nc2cccc(CNc3nc(NC4CCOCC4)nc4c(C(C)C)cnn34)c2)n1. The summed E-state index contributed by atoms with van der Waals surface area (Å²) in [6, 6.07) is 7.66. The molecule has 4 heterocycles. The molecule has 1 aromatic carbocycles. The van der Waals surface area contributed by atoms with Gasteiger partial charge in [0, 0.05) is 37.1 Å². The largest absolute Gasteiger partial charge is 0.381 e. The molecule has 212 valence electrons. The molecule has 41 heavy (non-hydrogen) atoms. The van der Waals surface area contributed by atoms with Crippen molar-refractivity contribution in [2.75, 3.05) is 34.5 Å². The molecule has 1 aliphatic rings. The Kier molecular flexibility index (Phi) is 8.44. The van der Waals surface area contributed by atoms with Crippen LogP contribution < -0.4 is 21.3 Å². The molecule has 5 rings (SSSR count). The molecular weight excluding hydrogens is 524 g/mol. The summed E-state index contributed by atoms with van der Waals surface area (Å²) < 4.78 is 7.20. The maximum absolute atomic E-state index is 12.8. The van der Waals surface area contributed by atoms with Crippen LogP contribution in [0.2, 0.25) is 0 Å². The number of hydrogen-bond acceptors (Lipinski definition) is 10. The first kappa shape index (κ1) is 27.6. The minimum Gasteiger partial charge on any atom is -0.381 e. The minimum atomic E-state index is -0.462. The van der Waals surface area contributed by atoms with Crippen LogP contribution in [0.15, 0.2) is 55.5 Å². The number of ether oxygens (including phenoxy) is 1. The van der Waals surface area contributed by atoms with Crippen LogP contribution in [0.25, 0.3) is 5.65 Å². The van der Waals surface area contributed by atoms with E-state index in [2.05, 4.69) is 56.8 Å². The molecule has 4 aromatic rings. The first-order chi connectivity index (χ1) is 19.9. The summed E-state index contributed by atoms with van der Waals surface area (Å²) in [5.74, 6) is 0.593. The number of nitrogens with zero attached hydrogens (tertiary/aromatic N) is 6. The number of rotatable bonds is 10. The predicted molar refractivity (Wildman–Crippen MR) is 155 cm³/mol. The normalized spacial score (nSPS) is 13.6. The summed E-state index contributed by atoms with van der Waals surface area (Å²) in [6.07, 6.45) is 7.40. The van der Waals surface area contributed by atoms with Crippen LogP contribution in [0.5, 0.6) is 0 Å². The maximum atomic E-state index is 12.8. The lowest BCUT2D eigenvalue weighted by molar-refractivity contribution is -0.111. The molecule has 0 saturated carbocycles. The van der Waals surface area contributed by atoms with Gasteiger partial charge in [-0.2, -0.15) is 19.6 Å². The van der Waals surface area contributed by atoms with E-state index in [0.717, 1.165) is 35.7 Å². The third-order valence-electron chi connectivity index (χ3n) is 6.51. The monoisotopic (exact) mass is 556 g/mol. The molecule has 13 nitrogen and oxygen atoms in total. The fraction of sp³-hybridized carbons (Fsp3) is 0.321. The highest BCUT2D eigenvalue weighted by molar-refractivity contribution is 6.03. The molecule has 13 heteroatoms. The van der Waals surface area contributed by atoms with E-state index in [9.17, 15) is 9.59 Å². The maximum Gasteiger partial charge on any atom is 0.275 e. The molecule has 3 aromatic heterocycles. The highest BCUT2D eigenvalue weighted by atomic mass is 16.5. The lowest BCUT2D eigenvalue weighted by Gasteiger charge is -2.23. The van der Waals surface area contributed by atoms with Gasteiger partial charge in [-0.3, -0.25) is 14.6 Å². The predicted octanol–water partition coefficient (Wildman–Crippen LogP) is 3.62. The zero-order chi connectivity index (χ0) is 28.8. The summed E-state index contributed by atoms with van der Waals surface area (Å²) in [4.78, 5) is 42.0. The Hall–Kier alpha value is -4.91. The van der Waals surface area contributed by atoms with Crippen LogP contribution in [0.1, 0.15) is 54.2 Å². The van der Waals surface area contributed by atoms with Crippen molar-refractivity contribution in [3.8, 4) is 0 Å². The molecule has 1 fully saturated rings. The lowest BCUT2D eigenvalue weighted by Crippen LogP contribution is -2.29. The third kappa shape index (κ3) is 6.81. The average molecular weight is 557 g/mol. The van der Waals surface area contributed by atoms with Gasteiger partial charge in [-0.05, 0) is 42.5 Å². The fourth-order valence-electron chi connectivity index (χ4n) is 4.35. The number of fused-ring (bicyclic) bond motifs is 1. The Morgan fingerprint density at radius 2 is 1.95 bits per heavy atom. The van der Waals surface area contributed by atoms with Crippen LogP contribution in [0.4, 0.5) is 23.4 Å². The molecule has 0 spiro atoms. The van der Waals surface area contributed by atoms with E-state index < -0.39 is 11.8 Å². The number of aromatic nitrogens is 6. The van der Waals surface area contributed by atoms with Gasteiger partial charge in [-0.25, -0.2) is 4.98 Å². The van der Waals surface area contributed by atoms with Gasteiger partial charge in [-0.1, -0.05) is 32.6 Å². The van der Waals surface area contributed by atoms with Gasteiger partial charge in [0.1, 0.15) is 5.69 Å². The van der Waals surface area contributed by atoms with E-state index in [1.807, 2.05) is 24.4 Å². The Balaban J connectivity index is 1.31. The topological polar surface area (TPSA) is 160 Å². The van der Waals surface area contributed by atoms with Crippen molar-refractivity contribution in [1.29, 1.82) is 0 Å². The first-order valence-electron chi connectivity index (χ1n) is 13.4. The van der Waals surface area contributed by atoms with Crippen LogP contribution >= 0.6 is 0 Å². The molecule has 0 radical (unpaired) electrons. The van der Waals surface area contributed by atoms with Gasteiger partial charge < -0.3 is 26.0 Å². The number of nitrogens with one attached hydrogen (secondary N) is 4. The highest BCUT2D eigenvalue weighted by Crippen LogP contribution is 2.23. The van der Waals surface area contributed by atoms with E-state index in [4.69, 9.17) is 14.7 Å². The van der Waals surface area contributed by atoms with Gasteiger partial charge in [0.05, 0.1) is 18.6 Å². The Labute approximate surface area is 236 Å². The van der Waals surface area contributed by atoms with Crippen molar-refractivity contribution in [3.05, 3.63) is 72.3 Å². The molecule has 4 N–H and O–H groups in total. The Morgan fingerprint density at radius 1 is 1.12 bits per heavy atom. The fourth-order valence-corrected chi connectivity index (χ4v) is 4.35. The van der Waals surface area contributed by atoms with Crippen LogP contribution in [-0.4, -0.2) is 60.6 Å². The number of anilines is 4. The summed E-state index contributed by atoms with van der Waals surface area (Å²) in [5, 5.41) is 16.7. The first-order valence-corrected chi connectivity index (χ1v) is 13.4. The van der Waals surface area contributed by atoms with E-state index in [0.29, 0.717) is 37.3 Å². The molecule has 0 aliphatic carbocycles. The second-order valence-corrected chi connectivity index (χ2v) is 9.88. The van der Waals surface area contributed by atoms with Crippen molar-refractivity contribution in [1.82, 2.24) is 29.5 Å². The van der Waals surface area contributed by atoms with Gasteiger partial charge in [0.2, 0.25) is 17.8 Å². The van der Waals surface area contributed by atoms with Crippen molar-refractivity contribution < 1.29 is 14.3 Å². The van der Waals surface area contributed by atoms with Gasteiger partial charge in [0.25, 0.3) is 5.91 Å². The van der Waals surface area contributed by atoms with Crippen molar-refractivity contribution in [2.24, 2.45) is 0 Å². The van der Waals surface area contributed by atoms with Gasteiger partial charge in [-0.15, -0.1) is 0 Å². The van der Waals surface area contributed by atoms with Crippen molar-refractivity contribution >= 4 is 40.9 Å². The van der Waals surface area contributed by atoms with Crippen molar-refractivity contribution in [3.63, 3.8) is 0 Å². The van der Waals surface area contributed by atoms with Crippen LogP contribution in [-0.2, 0) is 16.1 Å². The van der Waals surface area contributed by atoms with E-state index in [-0.39, 0.29) is 23.5 Å². The number of carbonyl (C=O) groups excluding carboxylic acids is 2. The number of carbonyl (C=O) groups is 2. The highest BCUT2D eigenvalue weighted by Gasteiger charge is 2.19. The van der Waals surface area contributed by atoms with Gasteiger partial charge >= 0.3 is 0 Å². The average Bonchev–Trinajstić information content (AvgIpc) is 3.41. The van der Waals surface area contributed by atoms with Crippen LogP contribution in [0, 0.1) is 0 Å². The number of benzene rings is 1. The Morgan fingerprint density at radius 3 is 2.73 bits per heavy atom. The molecule has 1 saturated heterocycles. The molecule has 2 amide bonds. The zero-order valence-electron chi connectivity index (χ0n) is 22.9. The van der Waals surface area contributed by atoms with Crippen molar-refractivity contribution in [2.45, 2.75) is 45.2 Å². The number of amides is 2. The number of hydrogen-bond donors (Lipinski definition) is 4. The zero-order valence-corrected chi connectivity index (χ0v) is 22.9. The Bertz CT molecular complexity index is 1560. The molecular formula is C28H32N10O3. The summed E-state index contributed by atoms with van der Waals surface area (Å²) in [6.45, 7) is 9.47. The molecule has 0 unspecified atom stereocenters. The smallest absolute Gasteiger partial charge is 0.275 e. The molecule has 0 atom stereocenters. The third-order valence-corrected chi connectivity index (χ3v) is 6.51. The summed E-state index contributed by atoms with van der Waals surface area (Å²) in [7, 11) is 0. The van der Waals surface area contributed by atoms with Crippen LogP contribution in [0.3, 0.4) is 0 Å². The second kappa shape index (κ2) is 12.5. The van der Waals surface area contributed by atoms with E-state index >= 15 is 0 Å². The minimum absolute atomic E-state index is 0.0583. The lowest BCUT2D eigenvalue weighted by atomic mass is 10.1. The summed E-state index contributed by atoms with van der Waals surface area (Å²) in [5.41, 5.74) is 3.32. The second-order valence-electron chi connectivity index (χ2n) is 9.88. The van der Waals surface area contributed by atoms with E-state index in [1.165, 1.54) is 12.4 Å². The van der Waals surface area contributed by atoms with Gasteiger partial charge in [0.15, 0.2) is 11.5 Å². The summed E-state index contributed by atoms with van der Waals surface area (Å²) >= 11 is 0. The standard InChI is InChI=1S/C28H32N10O3/c1-4-24(39)35-23-16-29-15-22(34-23)26(40)32-20-7-5-6-18(12-20)13-30-28-37-27(33-19-8-10-41-11-9-19)36-25-21(17(2)3)14-31-38(25)28/h4-7,12,14-17,19H,1,8-11,13H2,2-3H3,(H,32,40)(H,34,35,39)(H2,30,33,36,37). The van der Waals surface area contributed by atoms with E-state index in [1.54, 1.807) is 10.6 Å².